The molecule has 0 aromatic rings. The third-order valence-corrected chi connectivity index (χ3v) is 5.29. The van der Waals surface area contributed by atoms with Crippen molar-refractivity contribution in [2.45, 2.75) is 64.2 Å². The van der Waals surface area contributed by atoms with E-state index >= 15 is 0 Å². The fourth-order valence-corrected chi connectivity index (χ4v) is 2.70. The number of amides is 2. The zero-order valence-electron chi connectivity index (χ0n) is 14.2. The van der Waals surface area contributed by atoms with Crippen molar-refractivity contribution in [1.82, 2.24) is 10.2 Å². The Bertz CT molecular complexity index is 381. The Hall–Kier alpha value is -0.910. The van der Waals surface area contributed by atoms with Crippen LogP contribution >= 0.6 is 0 Å². The fraction of sp³-hybridized carbons (Fsp3) is 0.867. The molecule has 0 aliphatic carbocycles. The van der Waals surface area contributed by atoms with Gasteiger partial charge in [-0.3, -0.25) is 13.8 Å². The van der Waals surface area contributed by atoms with Crippen molar-refractivity contribution >= 4 is 22.6 Å². The molecule has 1 N–H and O–H groups in total. The molecule has 0 aromatic carbocycles. The maximum atomic E-state index is 12.1. The molecular weight excluding hydrogens is 288 g/mol. The van der Waals surface area contributed by atoms with Crippen LogP contribution in [0.2, 0.25) is 0 Å². The van der Waals surface area contributed by atoms with Crippen molar-refractivity contribution in [3.8, 4) is 0 Å². The van der Waals surface area contributed by atoms with Crippen LogP contribution in [0.25, 0.3) is 0 Å². The summed E-state index contributed by atoms with van der Waals surface area (Å²) in [4.78, 5) is 25.0. The molecule has 0 spiro atoms. The van der Waals surface area contributed by atoms with Crippen molar-refractivity contribution in [2.75, 3.05) is 19.8 Å². The van der Waals surface area contributed by atoms with Gasteiger partial charge in [-0.05, 0) is 40.0 Å². The zero-order valence-corrected chi connectivity index (χ0v) is 15.0. The van der Waals surface area contributed by atoms with Gasteiger partial charge in [-0.15, -0.1) is 0 Å². The van der Waals surface area contributed by atoms with Crippen LogP contribution in [0.5, 0.6) is 0 Å². The molecule has 0 saturated carbocycles. The Morgan fingerprint density at radius 3 is 2.29 bits per heavy atom. The second kappa shape index (κ2) is 9.18. The van der Waals surface area contributed by atoms with E-state index in [0.29, 0.717) is 25.0 Å². The number of carbonyl (C=O) groups excluding carboxylic acids is 2. The normalized spacial score (nSPS) is 14.4. The van der Waals surface area contributed by atoms with E-state index in [1.807, 2.05) is 20.8 Å². The minimum Gasteiger partial charge on any atom is -0.350 e. The van der Waals surface area contributed by atoms with Crippen LogP contribution in [0.15, 0.2) is 0 Å². The molecule has 0 radical (unpaired) electrons. The van der Waals surface area contributed by atoms with Gasteiger partial charge >= 0.3 is 0 Å². The number of carbonyl (C=O) groups is 2. The molecule has 0 aliphatic heterocycles. The fourth-order valence-electron chi connectivity index (χ4n) is 1.56. The quantitative estimate of drug-likeness (QED) is 0.658. The summed E-state index contributed by atoms with van der Waals surface area (Å²) >= 11 is 0. The molecule has 6 heteroatoms. The van der Waals surface area contributed by atoms with E-state index in [1.165, 1.54) is 0 Å². The number of unbranched alkanes of at least 4 members (excludes halogenated alkanes) is 1. The Labute approximate surface area is 131 Å². The lowest BCUT2D eigenvalue weighted by Gasteiger charge is -2.26. The van der Waals surface area contributed by atoms with Crippen molar-refractivity contribution in [3.05, 3.63) is 0 Å². The Balaban J connectivity index is 4.11. The predicted molar refractivity (Wildman–Crippen MR) is 87.5 cm³/mol. The summed E-state index contributed by atoms with van der Waals surface area (Å²) in [5.74, 6) is 0.378. The van der Waals surface area contributed by atoms with E-state index in [0.717, 1.165) is 6.42 Å². The van der Waals surface area contributed by atoms with E-state index in [2.05, 4.69) is 5.32 Å². The Kier molecular flexibility index (Phi) is 8.78. The average molecular weight is 318 g/mol. The first-order valence-corrected chi connectivity index (χ1v) is 8.88. The van der Waals surface area contributed by atoms with Crippen molar-refractivity contribution in [2.24, 2.45) is 0 Å². The largest absolute Gasteiger partial charge is 0.350 e. The summed E-state index contributed by atoms with van der Waals surface area (Å²) < 4.78 is 12.1. The van der Waals surface area contributed by atoms with Crippen molar-refractivity contribution in [1.29, 1.82) is 0 Å². The summed E-state index contributed by atoms with van der Waals surface area (Å²) in [6, 6.07) is 0. The minimum absolute atomic E-state index is 0.0799. The SMILES string of the molecule is CCC(C)(C)NC(=O)[C@H](C)[S@@](=O)CCCCC(=O)N(C)C. The molecule has 124 valence electrons. The summed E-state index contributed by atoms with van der Waals surface area (Å²) in [6.45, 7) is 7.60. The molecule has 21 heavy (non-hydrogen) atoms. The van der Waals surface area contributed by atoms with Gasteiger partial charge in [0.1, 0.15) is 5.25 Å². The molecule has 2 amide bonds. The highest BCUT2D eigenvalue weighted by atomic mass is 32.2. The van der Waals surface area contributed by atoms with Gasteiger partial charge in [0, 0.05) is 42.6 Å². The third kappa shape index (κ3) is 8.19. The summed E-state index contributed by atoms with van der Waals surface area (Å²) in [6.07, 6.45) is 2.69. The highest BCUT2D eigenvalue weighted by Gasteiger charge is 2.25. The van der Waals surface area contributed by atoms with E-state index in [1.54, 1.807) is 25.9 Å². The second-order valence-electron chi connectivity index (χ2n) is 6.20. The van der Waals surface area contributed by atoms with Gasteiger partial charge in [0.15, 0.2) is 0 Å². The number of rotatable bonds is 9. The zero-order chi connectivity index (χ0) is 16.6. The Morgan fingerprint density at radius 1 is 1.24 bits per heavy atom. The highest BCUT2D eigenvalue weighted by Crippen LogP contribution is 2.09. The van der Waals surface area contributed by atoms with Gasteiger partial charge in [-0.2, -0.15) is 0 Å². The van der Waals surface area contributed by atoms with Crippen LogP contribution in [0.4, 0.5) is 0 Å². The predicted octanol–water partition coefficient (Wildman–Crippen LogP) is 1.69. The van der Waals surface area contributed by atoms with E-state index < -0.39 is 16.0 Å². The van der Waals surface area contributed by atoms with Gasteiger partial charge < -0.3 is 10.2 Å². The van der Waals surface area contributed by atoms with Gasteiger partial charge in [0.2, 0.25) is 11.8 Å². The summed E-state index contributed by atoms with van der Waals surface area (Å²) in [5.41, 5.74) is -0.270. The smallest absolute Gasteiger partial charge is 0.235 e. The van der Waals surface area contributed by atoms with Crippen LogP contribution < -0.4 is 5.32 Å². The van der Waals surface area contributed by atoms with Crippen LogP contribution in [0.1, 0.15) is 53.4 Å². The number of hydrogen-bond acceptors (Lipinski definition) is 3. The second-order valence-corrected chi connectivity index (χ2v) is 8.08. The van der Waals surface area contributed by atoms with E-state index in [4.69, 9.17) is 0 Å². The van der Waals surface area contributed by atoms with Gasteiger partial charge in [0.05, 0.1) is 0 Å². The summed E-state index contributed by atoms with van der Waals surface area (Å²) in [7, 11) is 2.26. The maximum absolute atomic E-state index is 12.1. The molecule has 0 saturated heterocycles. The first-order chi connectivity index (χ1) is 9.60. The monoisotopic (exact) mass is 318 g/mol. The van der Waals surface area contributed by atoms with Crippen molar-refractivity contribution in [3.63, 3.8) is 0 Å². The molecule has 0 aromatic heterocycles. The van der Waals surface area contributed by atoms with Gasteiger partial charge in [-0.1, -0.05) is 6.92 Å². The van der Waals surface area contributed by atoms with Crippen molar-refractivity contribution < 1.29 is 13.8 Å². The van der Waals surface area contributed by atoms with Crippen LogP contribution in [-0.2, 0) is 20.4 Å². The van der Waals surface area contributed by atoms with Crippen LogP contribution in [0.3, 0.4) is 0 Å². The van der Waals surface area contributed by atoms with Crippen LogP contribution in [0, 0.1) is 0 Å². The summed E-state index contributed by atoms with van der Waals surface area (Å²) in [5, 5.41) is 2.40. The lowest BCUT2D eigenvalue weighted by molar-refractivity contribution is -0.128. The standard InChI is InChI=1S/C15H30N2O3S/c1-7-15(3,4)16-14(19)12(2)21(20)11-9-8-10-13(18)17(5)6/h12H,7-11H2,1-6H3,(H,16,19)/t12-,21-/m0/s1. The first kappa shape index (κ1) is 20.1. The third-order valence-electron chi connectivity index (χ3n) is 3.59. The lowest BCUT2D eigenvalue weighted by Crippen LogP contribution is -2.48. The highest BCUT2D eigenvalue weighted by molar-refractivity contribution is 7.86. The van der Waals surface area contributed by atoms with Crippen LogP contribution in [-0.4, -0.2) is 51.6 Å². The molecule has 0 unspecified atom stereocenters. The topological polar surface area (TPSA) is 66.5 Å². The number of hydrogen-bond donors (Lipinski definition) is 1. The number of nitrogens with one attached hydrogen (secondary N) is 1. The molecule has 0 heterocycles. The molecular formula is C15H30N2O3S. The maximum Gasteiger partial charge on any atom is 0.235 e. The first-order valence-electron chi connectivity index (χ1n) is 7.50. The van der Waals surface area contributed by atoms with Gasteiger partial charge in [0.25, 0.3) is 0 Å². The molecule has 0 bridgehead atoms. The molecule has 0 fully saturated rings. The molecule has 5 nitrogen and oxygen atoms in total. The van der Waals surface area contributed by atoms with E-state index in [9.17, 15) is 13.8 Å². The number of nitrogens with zero attached hydrogens (tertiary/aromatic N) is 1. The Morgan fingerprint density at radius 2 is 1.81 bits per heavy atom. The van der Waals surface area contributed by atoms with Gasteiger partial charge in [-0.25, -0.2) is 0 Å². The molecule has 0 aliphatic rings. The minimum atomic E-state index is -1.19. The average Bonchev–Trinajstić information content (AvgIpc) is 2.41. The van der Waals surface area contributed by atoms with E-state index in [-0.39, 0.29) is 17.4 Å². The molecule has 2 atom stereocenters. The molecule has 0 rings (SSSR count). The lowest BCUT2D eigenvalue weighted by atomic mass is 10.0.